The van der Waals surface area contributed by atoms with Crippen LogP contribution in [0.15, 0.2) is 53.4 Å². The Hall–Kier alpha value is -4.73. The van der Waals surface area contributed by atoms with Crippen molar-refractivity contribution in [2.45, 2.75) is 11.7 Å². The highest BCUT2D eigenvalue weighted by Crippen LogP contribution is 2.38. The van der Waals surface area contributed by atoms with Crippen molar-refractivity contribution >= 4 is 27.9 Å². The second kappa shape index (κ2) is 10.8. The summed E-state index contributed by atoms with van der Waals surface area (Å²) < 4.78 is 61.3. The van der Waals surface area contributed by atoms with E-state index >= 15 is 0 Å². The van der Waals surface area contributed by atoms with E-state index in [0.717, 1.165) is 12.4 Å². The van der Waals surface area contributed by atoms with Gasteiger partial charge in [-0.3, -0.25) is 14.1 Å². The Morgan fingerprint density at radius 1 is 1.10 bits per heavy atom. The molecule has 1 aromatic carbocycles. The molecule has 3 aromatic heterocycles. The van der Waals surface area contributed by atoms with Crippen LogP contribution in [0, 0.1) is 11.7 Å². The summed E-state index contributed by atoms with van der Waals surface area (Å²) in [4.78, 5) is 21.1. The summed E-state index contributed by atoms with van der Waals surface area (Å²) in [6, 6.07) is 8.27. The number of benzene rings is 1. The van der Waals surface area contributed by atoms with Crippen molar-refractivity contribution in [2.24, 2.45) is 5.92 Å². The number of aliphatic carboxylic acids is 1. The molecule has 1 saturated heterocycles. The van der Waals surface area contributed by atoms with E-state index in [1.807, 2.05) is 0 Å². The Morgan fingerprint density at radius 2 is 1.80 bits per heavy atom. The second-order valence-corrected chi connectivity index (χ2v) is 10.8. The van der Waals surface area contributed by atoms with Crippen LogP contribution in [0.4, 0.5) is 16.3 Å². The minimum atomic E-state index is -4.30. The maximum atomic E-state index is 13.7. The predicted molar refractivity (Wildman–Crippen MR) is 138 cm³/mol. The molecule has 0 spiro atoms. The average Bonchev–Trinajstić information content (AvgIpc) is 3.62. The lowest BCUT2D eigenvalue weighted by atomic mass is 9.98. The zero-order valence-corrected chi connectivity index (χ0v) is 22.1. The third kappa shape index (κ3) is 5.12. The molecule has 0 saturated carbocycles. The molecule has 16 heteroatoms. The molecule has 14 nitrogen and oxygen atoms in total. The maximum Gasteiger partial charge on any atom is 0.308 e. The normalized spacial score (nSPS) is 17.4. The monoisotopic (exact) mass is 573 g/mol. The Morgan fingerprint density at radius 3 is 2.40 bits per heavy atom. The Balaban J connectivity index is 1.56. The third-order valence-corrected chi connectivity index (χ3v) is 8.04. The van der Waals surface area contributed by atoms with Gasteiger partial charge >= 0.3 is 5.97 Å². The van der Waals surface area contributed by atoms with Crippen LogP contribution in [0.5, 0.6) is 11.5 Å². The molecular weight excluding hydrogens is 549 g/mol. The van der Waals surface area contributed by atoms with Crippen LogP contribution in [0.25, 0.3) is 17.3 Å². The Kier molecular flexibility index (Phi) is 7.25. The number of carboxylic acids is 1. The zero-order valence-electron chi connectivity index (χ0n) is 21.3. The van der Waals surface area contributed by atoms with Gasteiger partial charge in [-0.2, -0.15) is 0 Å². The van der Waals surface area contributed by atoms with Gasteiger partial charge in [0.2, 0.25) is 27.7 Å². The number of nitrogens with zero attached hydrogens (tertiary/aromatic N) is 6. The highest BCUT2D eigenvalue weighted by Gasteiger charge is 2.40. The number of sulfonamides is 1. The Labute approximate surface area is 227 Å². The van der Waals surface area contributed by atoms with Crippen LogP contribution < -0.4 is 19.1 Å². The summed E-state index contributed by atoms with van der Waals surface area (Å²) in [5.41, 5.74) is 0.301. The fourth-order valence-electron chi connectivity index (χ4n) is 4.48. The van der Waals surface area contributed by atoms with Crippen LogP contribution in [0.3, 0.4) is 0 Å². The van der Waals surface area contributed by atoms with Crippen LogP contribution in [0.1, 0.15) is 6.42 Å². The van der Waals surface area contributed by atoms with E-state index in [-0.39, 0.29) is 43.0 Å². The molecule has 0 radical (unpaired) electrons. The number of carboxylic acid groups (broad SMARTS) is 1. The van der Waals surface area contributed by atoms with Crippen molar-refractivity contribution in [3.05, 3.63) is 54.8 Å². The maximum absolute atomic E-state index is 13.7. The van der Waals surface area contributed by atoms with E-state index in [9.17, 15) is 22.7 Å². The molecule has 210 valence electrons. The molecule has 1 fully saturated rings. The first-order chi connectivity index (χ1) is 19.2. The number of hydrogen-bond donors (Lipinski definition) is 2. The summed E-state index contributed by atoms with van der Waals surface area (Å²) in [6.07, 6.45) is 3.08. The number of para-hydroxylation sites is 1. The standard InChI is InChI=1S/C24H24FN7O7S/c1-37-17-5-3-6-18(38-2)20(17)32-21(19-7-4-8-39-19)28-29-24(32)30-40(35,36)16-9-14(22(33)34)12-31(13-16)23-26-10-15(25)11-27-23/h3-8,10-11,14,16H,9,12-13H2,1-2H3,(H,29,30)(H,33,34)/t14-,16+/m1/s1. The summed E-state index contributed by atoms with van der Waals surface area (Å²) in [5, 5.41) is 16.7. The Bertz CT molecular complexity index is 1590. The number of furan rings is 1. The van der Waals surface area contributed by atoms with E-state index in [1.54, 1.807) is 30.3 Å². The van der Waals surface area contributed by atoms with Crippen LogP contribution >= 0.6 is 0 Å². The summed E-state index contributed by atoms with van der Waals surface area (Å²) in [5.74, 6) is -2.03. The zero-order chi connectivity index (χ0) is 28.4. The highest BCUT2D eigenvalue weighted by atomic mass is 32.2. The summed E-state index contributed by atoms with van der Waals surface area (Å²) >= 11 is 0. The summed E-state index contributed by atoms with van der Waals surface area (Å²) in [7, 11) is -1.41. The number of halogens is 1. The summed E-state index contributed by atoms with van der Waals surface area (Å²) in [6.45, 7) is -0.202. The number of nitrogens with one attached hydrogen (secondary N) is 1. The van der Waals surface area contributed by atoms with E-state index in [0.29, 0.717) is 17.2 Å². The van der Waals surface area contributed by atoms with Crippen molar-refractivity contribution in [2.75, 3.05) is 36.9 Å². The van der Waals surface area contributed by atoms with Gasteiger partial charge in [-0.25, -0.2) is 22.8 Å². The molecule has 1 aliphatic rings. The molecule has 1 aliphatic heterocycles. The first-order valence-corrected chi connectivity index (χ1v) is 13.4. The minimum Gasteiger partial charge on any atom is -0.494 e. The second-order valence-electron chi connectivity index (χ2n) is 8.82. The van der Waals surface area contributed by atoms with Gasteiger partial charge in [-0.15, -0.1) is 10.2 Å². The number of anilines is 2. The predicted octanol–water partition coefficient (Wildman–Crippen LogP) is 2.19. The quantitative estimate of drug-likeness (QED) is 0.299. The number of piperidine rings is 1. The lowest BCUT2D eigenvalue weighted by Gasteiger charge is -2.35. The van der Waals surface area contributed by atoms with E-state index in [2.05, 4.69) is 24.9 Å². The first-order valence-electron chi connectivity index (χ1n) is 11.9. The highest BCUT2D eigenvalue weighted by molar-refractivity contribution is 7.93. The van der Waals surface area contributed by atoms with Gasteiger partial charge < -0.3 is 23.9 Å². The average molecular weight is 574 g/mol. The molecule has 0 unspecified atom stereocenters. The minimum absolute atomic E-state index is 0.00887. The van der Waals surface area contributed by atoms with Crippen LogP contribution in [0.2, 0.25) is 0 Å². The lowest BCUT2D eigenvalue weighted by Crippen LogP contribution is -2.50. The molecule has 2 N–H and O–H groups in total. The van der Waals surface area contributed by atoms with Crippen molar-refractivity contribution in [3.63, 3.8) is 0 Å². The van der Waals surface area contributed by atoms with Gasteiger partial charge in [0.1, 0.15) is 17.2 Å². The molecule has 4 heterocycles. The topological polar surface area (TPSA) is 175 Å². The van der Waals surface area contributed by atoms with Crippen LogP contribution in [-0.4, -0.2) is 76.8 Å². The molecule has 2 atom stereocenters. The van der Waals surface area contributed by atoms with Gasteiger partial charge in [0, 0.05) is 13.1 Å². The molecule has 40 heavy (non-hydrogen) atoms. The number of carbonyl (C=O) groups is 1. The van der Waals surface area contributed by atoms with Crippen molar-refractivity contribution in [1.29, 1.82) is 0 Å². The third-order valence-electron chi connectivity index (χ3n) is 6.35. The van der Waals surface area contributed by atoms with Gasteiger partial charge in [0.05, 0.1) is 44.0 Å². The van der Waals surface area contributed by atoms with Gasteiger partial charge in [0.25, 0.3) is 0 Å². The fourth-order valence-corrected chi connectivity index (χ4v) is 5.89. The van der Waals surface area contributed by atoms with Gasteiger partial charge in [-0.05, 0) is 30.7 Å². The number of rotatable bonds is 9. The number of ether oxygens (including phenoxy) is 2. The molecule has 5 rings (SSSR count). The van der Waals surface area contributed by atoms with E-state index < -0.39 is 33.0 Å². The molecule has 0 aliphatic carbocycles. The number of hydrogen-bond acceptors (Lipinski definition) is 11. The largest absolute Gasteiger partial charge is 0.494 e. The SMILES string of the molecule is COc1cccc(OC)c1-n1c(NS(=O)(=O)[C@H]2C[C@@H](C(=O)O)CN(c3ncc(F)cn3)C2)nnc1-c1ccco1. The van der Waals surface area contributed by atoms with Gasteiger partial charge in [0.15, 0.2) is 11.6 Å². The van der Waals surface area contributed by atoms with E-state index in [4.69, 9.17) is 13.9 Å². The van der Waals surface area contributed by atoms with Crippen molar-refractivity contribution in [1.82, 2.24) is 24.7 Å². The molecule has 4 aromatic rings. The molecule has 0 amide bonds. The number of aromatic nitrogens is 5. The smallest absolute Gasteiger partial charge is 0.308 e. The van der Waals surface area contributed by atoms with Gasteiger partial charge in [-0.1, -0.05) is 6.07 Å². The molecular formula is C24H24FN7O7S. The first kappa shape index (κ1) is 26.9. The molecule has 0 bridgehead atoms. The fraction of sp³-hybridized carbons (Fsp3) is 0.292. The van der Waals surface area contributed by atoms with E-state index in [1.165, 1.54) is 29.9 Å². The van der Waals surface area contributed by atoms with Crippen molar-refractivity contribution < 1.29 is 36.6 Å². The number of methoxy groups -OCH3 is 2. The lowest BCUT2D eigenvalue weighted by molar-refractivity contribution is -0.141. The van der Waals surface area contributed by atoms with Crippen LogP contribution in [-0.2, 0) is 14.8 Å². The van der Waals surface area contributed by atoms with Crippen molar-refractivity contribution in [3.8, 4) is 28.8 Å².